The first-order valence-corrected chi connectivity index (χ1v) is 23.8. The van der Waals surface area contributed by atoms with Crippen LogP contribution in [0.2, 0.25) is 0 Å². The quantitative estimate of drug-likeness (QED) is 0.206. The van der Waals surface area contributed by atoms with Crippen LogP contribution in [0, 0.1) is 44.8 Å². The number of rotatable bonds is 15. The number of nitrogens with one attached hydrogen (secondary N) is 2. The molecule has 2 spiro atoms. The molecule has 14 heteroatoms. The number of hydrogen-bond acceptors (Lipinski definition) is 9. The highest BCUT2D eigenvalue weighted by molar-refractivity contribution is 7.87. The topological polar surface area (TPSA) is 166 Å². The highest BCUT2D eigenvalue weighted by Gasteiger charge is 2.85. The van der Waals surface area contributed by atoms with Crippen LogP contribution in [-0.2, 0) is 29.4 Å². The third-order valence-corrected chi connectivity index (χ3v) is 17.9. The maximum absolute atomic E-state index is 15.3. The lowest BCUT2D eigenvalue weighted by molar-refractivity contribution is -0.146. The molecular weight excluding hydrogens is 781 g/mol. The third kappa shape index (κ3) is 7.53. The first-order valence-electron chi connectivity index (χ1n) is 22.4. The molecule has 0 radical (unpaired) electrons. The summed E-state index contributed by atoms with van der Waals surface area (Å²) in [6.07, 6.45) is 11.2. The van der Waals surface area contributed by atoms with Crippen molar-refractivity contribution in [2.24, 2.45) is 44.8 Å². The van der Waals surface area contributed by atoms with E-state index in [2.05, 4.69) is 35.4 Å². The monoisotopic (exact) mass is 848 g/mol. The van der Waals surface area contributed by atoms with Gasteiger partial charge < -0.3 is 15.1 Å². The van der Waals surface area contributed by atoms with Gasteiger partial charge in [0.25, 0.3) is 5.91 Å². The van der Waals surface area contributed by atoms with Crippen LogP contribution >= 0.6 is 0 Å². The minimum atomic E-state index is -4.07. The van der Waals surface area contributed by atoms with E-state index >= 15 is 4.79 Å². The fraction of sp³-hybridized carbons (Fsp3) is 0.739. The number of amides is 3. The molecule has 2 N–H and O–H groups in total. The summed E-state index contributed by atoms with van der Waals surface area (Å²) in [6.45, 7) is 15.3. The van der Waals surface area contributed by atoms with Gasteiger partial charge in [0.2, 0.25) is 11.8 Å². The molecule has 3 heterocycles. The Morgan fingerprint density at radius 3 is 2.18 bits per heavy atom. The number of pyridine rings is 1. The Balaban J connectivity index is 1.16. The molecule has 0 aromatic carbocycles. The van der Waals surface area contributed by atoms with Crippen LogP contribution in [0.5, 0.6) is 0 Å². The molecule has 6 atom stereocenters. The lowest BCUT2D eigenvalue weighted by atomic mass is 9.73. The fourth-order valence-corrected chi connectivity index (χ4v) is 13.5. The average Bonchev–Trinajstić information content (AvgIpc) is 3.63. The summed E-state index contributed by atoms with van der Waals surface area (Å²) in [4.78, 5) is 80.8. The van der Waals surface area contributed by atoms with E-state index in [-0.39, 0.29) is 64.1 Å². The van der Waals surface area contributed by atoms with E-state index in [1.807, 2.05) is 45.8 Å². The number of hydrogen-bond donors (Lipinski definition) is 2. The molecule has 330 valence electrons. The molecule has 1 aromatic rings. The number of likely N-dealkylation sites (tertiary alicyclic amines) is 1. The second kappa shape index (κ2) is 15.9. The highest BCUT2D eigenvalue weighted by atomic mass is 32.2. The van der Waals surface area contributed by atoms with Crippen molar-refractivity contribution in [1.82, 2.24) is 24.2 Å². The summed E-state index contributed by atoms with van der Waals surface area (Å²) >= 11 is 0. The Hall–Kier alpha value is -3.65. The van der Waals surface area contributed by atoms with Gasteiger partial charge in [-0.25, -0.2) is 9.71 Å². The summed E-state index contributed by atoms with van der Waals surface area (Å²) in [5.74, 6) is -2.47. The van der Waals surface area contributed by atoms with Gasteiger partial charge in [0, 0.05) is 57.9 Å². The number of allylic oxidation sites excluding steroid dienone is 1. The number of ketones is 2. The van der Waals surface area contributed by atoms with Gasteiger partial charge in [0.05, 0.1) is 17.5 Å². The first kappa shape index (κ1) is 44.4. The van der Waals surface area contributed by atoms with Crippen LogP contribution in [0.3, 0.4) is 0 Å². The van der Waals surface area contributed by atoms with E-state index in [9.17, 15) is 27.6 Å². The predicted octanol–water partition coefficient (Wildman–Crippen LogP) is 5.85. The predicted molar refractivity (Wildman–Crippen MR) is 230 cm³/mol. The van der Waals surface area contributed by atoms with Crippen molar-refractivity contribution in [2.75, 3.05) is 38.6 Å². The average molecular weight is 849 g/mol. The van der Waals surface area contributed by atoms with Crippen molar-refractivity contribution in [2.45, 2.75) is 137 Å². The van der Waals surface area contributed by atoms with Crippen LogP contribution in [0.4, 0.5) is 5.82 Å². The second-order valence-corrected chi connectivity index (χ2v) is 22.6. The molecule has 1 aromatic heterocycles. The van der Waals surface area contributed by atoms with Crippen molar-refractivity contribution in [3.63, 3.8) is 0 Å². The van der Waals surface area contributed by atoms with E-state index in [1.165, 1.54) is 4.31 Å². The maximum Gasteiger partial charge on any atom is 0.303 e. The molecule has 4 aliphatic carbocycles. The second-order valence-electron chi connectivity index (χ2n) is 20.9. The fourth-order valence-electron chi connectivity index (χ4n) is 12.2. The standard InChI is InChI=1S/C46H68N6O7S/c1-9-31-26-44(31,41(57)49-60(58,59)51-23-13-14-24-51)28-36(54)34-27-46(43(5,6)45(46)21-16-22-45)29-52(34)40(56)32(42(2,3)4)25-35(53)38(30-17-11-10-12-18-30)48-39(55)33-19-15-20-37(47-33)50(7)8/h9,15,19-20,30-32,34,38H,1,10-14,16-18,21-29H2,2-8H3,(H,48,55)(H,49,57)/t31-,32-,34+,38+,44-,46-/m1/s1. The summed E-state index contributed by atoms with van der Waals surface area (Å²) in [5, 5.41) is 3.07. The summed E-state index contributed by atoms with van der Waals surface area (Å²) < 4.78 is 30.0. The van der Waals surface area contributed by atoms with Gasteiger partial charge in [-0.05, 0) is 91.6 Å². The summed E-state index contributed by atoms with van der Waals surface area (Å²) in [7, 11) is -0.377. The molecule has 2 aliphatic heterocycles. The zero-order valence-electron chi connectivity index (χ0n) is 37.0. The van der Waals surface area contributed by atoms with E-state index in [1.54, 1.807) is 23.1 Å². The van der Waals surface area contributed by atoms with Crippen LogP contribution in [-0.4, -0.2) is 97.7 Å². The molecule has 3 amide bonds. The molecule has 6 aliphatic rings. The molecule has 2 saturated heterocycles. The van der Waals surface area contributed by atoms with Crippen LogP contribution in [0.15, 0.2) is 30.9 Å². The SMILES string of the molecule is C=C[C@@H]1C[C@]1(CC(=O)[C@@H]1C[C@@]2(CN1C(=O)[C@@H](CC(=O)[C@@H](NC(=O)c1cccc(N(C)C)n1)C1CCCCC1)C(C)(C)C)C(C)(C)C21CCC1)C(=O)NS(=O)(=O)N1CCCC1. The smallest absolute Gasteiger partial charge is 0.303 e. The Morgan fingerprint density at radius 2 is 1.63 bits per heavy atom. The van der Waals surface area contributed by atoms with Gasteiger partial charge in [-0.15, -0.1) is 6.58 Å². The summed E-state index contributed by atoms with van der Waals surface area (Å²) in [6, 6.07) is 3.59. The number of carbonyl (C=O) groups excluding carboxylic acids is 5. The minimum Gasteiger partial charge on any atom is -0.363 e. The van der Waals surface area contributed by atoms with Gasteiger partial charge in [0.15, 0.2) is 11.6 Å². The number of carbonyl (C=O) groups is 5. The molecule has 60 heavy (non-hydrogen) atoms. The molecule has 0 unspecified atom stereocenters. The van der Waals surface area contributed by atoms with Gasteiger partial charge in [-0.3, -0.25) is 24.0 Å². The van der Waals surface area contributed by atoms with E-state index < -0.39 is 50.9 Å². The Morgan fingerprint density at radius 1 is 0.967 bits per heavy atom. The molecule has 7 rings (SSSR count). The van der Waals surface area contributed by atoms with Crippen molar-refractivity contribution in [3.8, 4) is 0 Å². The van der Waals surface area contributed by atoms with Crippen LogP contribution in [0.1, 0.15) is 135 Å². The van der Waals surface area contributed by atoms with Crippen LogP contribution in [0.25, 0.3) is 0 Å². The first-order chi connectivity index (χ1) is 28.1. The molecular formula is C46H68N6O7S. The normalized spacial score (nSPS) is 29.4. The van der Waals surface area contributed by atoms with Crippen LogP contribution < -0.4 is 14.9 Å². The van der Waals surface area contributed by atoms with Crippen molar-refractivity contribution < 1.29 is 32.4 Å². The third-order valence-electron chi connectivity index (χ3n) is 16.4. The van der Waals surface area contributed by atoms with E-state index in [4.69, 9.17) is 0 Å². The zero-order valence-corrected chi connectivity index (χ0v) is 37.8. The van der Waals surface area contributed by atoms with E-state index in [0.29, 0.717) is 38.3 Å². The minimum absolute atomic E-state index is 0.0109. The zero-order chi connectivity index (χ0) is 43.6. The Bertz CT molecular complexity index is 2010. The molecule has 0 bridgehead atoms. The molecule has 13 nitrogen and oxygen atoms in total. The maximum atomic E-state index is 15.3. The highest BCUT2D eigenvalue weighted by Crippen LogP contribution is 2.88. The molecule has 4 saturated carbocycles. The number of fused-ring (bicyclic) bond motifs is 1. The Kier molecular flexibility index (Phi) is 11.8. The van der Waals surface area contributed by atoms with Crippen molar-refractivity contribution in [3.05, 3.63) is 36.5 Å². The van der Waals surface area contributed by atoms with Gasteiger partial charge in [-0.1, -0.05) is 72.4 Å². The Labute approximate surface area is 357 Å². The van der Waals surface area contributed by atoms with Crippen molar-refractivity contribution >= 4 is 45.3 Å². The molecule has 6 fully saturated rings. The van der Waals surface area contributed by atoms with E-state index in [0.717, 1.165) is 64.2 Å². The lowest BCUT2D eigenvalue weighted by Crippen LogP contribution is -2.51. The van der Waals surface area contributed by atoms with Gasteiger partial charge in [-0.2, -0.15) is 12.7 Å². The van der Waals surface area contributed by atoms with Gasteiger partial charge in [0.1, 0.15) is 11.5 Å². The lowest BCUT2D eigenvalue weighted by Gasteiger charge is -2.37. The largest absolute Gasteiger partial charge is 0.363 e. The van der Waals surface area contributed by atoms with Crippen molar-refractivity contribution in [1.29, 1.82) is 0 Å². The number of aromatic nitrogens is 1. The number of Topliss-reactive ketones (excluding diaryl/α,β-unsaturated/α-hetero) is 2. The van der Waals surface area contributed by atoms with Gasteiger partial charge >= 0.3 is 10.2 Å². The summed E-state index contributed by atoms with van der Waals surface area (Å²) in [5.41, 5.74) is -2.13. The number of nitrogens with zero attached hydrogens (tertiary/aromatic N) is 4. The number of anilines is 1.